The molecule has 5 rings (SSSR count). The molecular weight excluding hydrogens is 441 g/mol. The molecule has 0 bridgehead atoms. The van der Waals surface area contributed by atoms with E-state index < -0.39 is 0 Å². The molecule has 7 heteroatoms. The van der Waals surface area contributed by atoms with Crippen LogP contribution in [0.3, 0.4) is 0 Å². The van der Waals surface area contributed by atoms with Crippen molar-refractivity contribution in [1.82, 2.24) is 9.97 Å². The molecule has 0 spiro atoms. The van der Waals surface area contributed by atoms with Gasteiger partial charge in [-0.2, -0.15) is 0 Å². The minimum atomic E-state index is -0.174. The van der Waals surface area contributed by atoms with E-state index in [2.05, 4.69) is 41.2 Å². The molecular formula is C27H22N5OP. The maximum Gasteiger partial charge on any atom is 0.255 e. The Morgan fingerprint density at radius 2 is 1.47 bits per heavy atom. The van der Waals surface area contributed by atoms with E-state index in [9.17, 15) is 4.79 Å². The number of aromatic nitrogens is 2. The minimum Gasteiger partial charge on any atom is -0.355 e. The highest BCUT2D eigenvalue weighted by molar-refractivity contribution is 7.27. The lowest BCUT2D eigenvalue weighted by Gasteiger charge is -2.12. The second-order valence-electron chi connectivity index (χ2n) is 7.73. The highest BCUT2D eigenvalue weighted by Gasteiger charge is 2.08. The molecule has 5 aromatic rings. The smallest absolute Gasteiger partial charge is 0.255 e. The highest BCUT2D eigenvalue weighted by atomic mass is 31.0. The van der Waals surface area contributed by atoms with Gasteiger partial charge < -0.3 is 16.0 Å². The van der Waals surface area contributed by atoms with Crippen LogP contribution < -0.4 is 21.3 Å². The van der Waals surface area contributed by atoms with Gasteiger partial charge in [0.25, 0.3) is 5.91 Å². The number of benzene rings is 3. The summed E-state index contributed by atoms with van der Waals surface area (Å²) in [6.07, 6.45) is 5.22. The van der Waals surface area contributed by atoms with E-state index in [1.165, 1.54) is 0 Å². The number of pyridine rings is 2. The highest BCUT2D eigenvalue weighted by Crippen LogP contribution is 2.26. The molecule has 6 nitrogen and oxygen atoms in total. The fraction of sp³-hybridized carbons (Fsp3) is 0. The van der Waals surface area contributed by atoms with Crippen molar-refractivity contribution >= 4 is 59.8 Å². The summed E-state index contributed by atoms with van der Waals surface area (Å²) in [6.45, 7) is 0. The third-order valence-corrected chi connectivity index (χ3v) is 5.64. The normalized spacial score (nSPS) is 10.6. The molecule has 1 unspecified atom stereocenters. The zero-order chi connectivity index (χ0) is 23.3. The average molecular weight is 463 g/mol. The van der Waals surface area contributed by atoms with Crippen LogP contribution in [-0.2, 0) is 0 Å². The summed E-state index contributed by atoms with van der Waals surface area (Å²) in [5.74, 6) is -0.174. The van der Waals surface area contributed by atoms with Crippen molar-refractivity contribution in [3.05, 3.63) is 109 Å². The first-order valence-electron chi connectivity index (χ1n) is 10.7. The van der Waals surface area contributed by atoms with Crippen molar-refractivity contribution in [3.8, 4) is 0 Å². The van der Waals surface area contributed by atoms with Gasteiger partial charge >= 0.3 is 0 Å². The maximum absolute atomic E-state index is 12.8. The number of amides is 1. The van der Waals surface area contributed by atoms with E-state index in [4.69, 9.17) is 0 Å². The molecule has 3 N–H and O–H groups in total. The first-order valence-corrected chi connectivity index (χ1v) is 11.3. The van der Waals surface area contributed by atoms with E-state index in [1.54, 1.807) is 24.7 Å². The summed E-state index contributed by atoms with van der Waals surface area (Å²) >= 11 is 0. The summed E-state index contributed by atoms with van der Waals surface area (Å²) in [6, 6.07) is 26.8. The molecule has 3 aromatic carbocycles. The van der Waals surface area contributed by atoms with Crippen LogP contribution in [0.5, 0.6) is 0 Å². The van der Waals surface area contributed by atoms with Crippen molar-refractivity contribution in [2.24, 2.45) is 0 Å². The zero-order valence-electron chi connectivity index (χ0n) is 18.2. The molecule has 0 aliphatic carbocycles. The molecule has 34 heavy (non-hydrogen) atoms. The van der Waals surface area contributed by atoms with Crippen LogP contribution in [0.25, 0.3) is 10.9 Å². The molecule has 0 saturated heterocycles. The summed E-state index contributed by atoms with van der Waals surface area (Å²) in [7, 11) is 2.71. The van der Waals surface area contributed by atoms with E-state index >= 15 is 0 Å². The fourth-order valence-electron chi connectivity index (χ4n) is 3.61. The molecule has 0 aliphatic heterocycles. The van der Waals surface area contributed by atoms with E-state index in [0.717, 1.165) is 44.6 Å². The summed E-state index contributed by atoms with van der Waals surface area (Å²) in [4.78, 5) is 21.2. The molecule has 2 aromatic heterocycles. The molecule has 0 fully saturated rings. The van der Waals surface area contributed by atoms with Gasteiger partial charge in [0.1, 0.15) is 0 Å². The Morgan fingerprint density at radius 3 is 2.29 bits per heavy atom. The quantitative estimate of drug-likeness (QED) is 0.275. The number of anilines is 5. The Morgan fingerprint density at radius 1 is 0.706 bits per heavy atom. The molecule has 166 valence electrons. The Bertz CT molecular complexity index is 1460. The standard InChI is InChI=1S/C27H22N5OP/c33-27(18-2-1-3-22(16-18)30-21-10-13-28-14-11-21)32-20-6-4-19(5-7-20)31-26-12-15-29-25-9-8-23(34)17-24(25)26/h1-17H,34H2,(H,28,30)(H,29,31)(H,32,33). The molecule has 0 saturated carbocycles. The number of carbonyl (C=O) groups excluding carboxylic acids is 1. The Hall–Kier alpha value is -4.28. The predicted molar refractivity (Wildman–Crippen MR) is 143 cm³/mol. The predicted octanol–water partition coefficient (Wildman–Crippen LogP) is 5.87. The van der Waals surface area contributed by atoms with Gasteiger partial charge in [0, 0.05) is 58.0 Å². The van der Waals surface area contributed by atoms with Gasteiger partial charge in [-0.25, -0.2) is 0 Å². The fourth-order valence-corrected chi connectivity index (χ4v) is 3.87. The SMILES string of the molecule is O=C(Nc1ccc(Nc2ccnc3ccc(P)cc23)cc1)c1cccc(Nc2ccncc2)c1. The number of hydrogen-bond acceptors (Lipinski definition) is 5. The van der Waals surface area contributed by atoms with Crippen molar-refractivity contribution in [2.45, 2.75) is 0 Å². The van der Waals surface area contributed by atoms with E-state index in [-0.39, 0.29) is 5.91 Å². The molecule has 2 heterocycles. The van der Waals surface area contributed by atoms with Gasteiger partial charge in [0.15, 0.2) is 0 Å². The van der Waals surface area contributed by atoms with Gasteiger partial charge in [-0.05, 0) is 78.1 Å². The Labute approximate surface area is 199 Å². The third-order valence-electron chi connectivity index (χ3n) is 5.28. The van der Waals surface area contributed by atoms with Crippen LogP contribution in [0.1, 0.15) is 10.4 Å². The molecule has 1 atom stereocenters. The number of carbonyl (C=O) groups is 1. The summed E-state index contributed by atoms with van der Waals surface area (Å²) in [5.41, 5.74) is 5.85. The number of hydrogen-bond donors (Lipinski definition) is 3. The maximum atomic E-state index is 12.8. The van der Waals surface area contributed by atoms with Crippen molar-refractivity contribution in [2.75, 3.05) is 16.0 Å². The van der Waals surface area contributed by atoms with Gasteiger partial charge in [-0.3, -0.25) is 14.8 Å². The minimum absolute atomic E-state index is 0.174. The van der Waals surface area contributed by atoms with Crippen LogP contribution in [0, 0.1) is 0 Å². The van der Waals surface area contributed by atoms with Crippen LogP contribution in [0.2, 0.25) is 0 Å². The van der Waals surface area contributed by atoms with Crippen molar-refractivity contribution in [3.63, 3.8) is 0 Å². The molecule has 0 radical (unpaired) electrons. The molecule has 0 aliphatic rings. The third kappa shape index (κ3) is 5.03. The van der Waals surface area contributed by atoms with Crippen molar-refractivity contribution < 1.29 is 4.79 Å². The van der Waals surface area contributed by atoms with Gasteiger partial charge in [0.05, 0.1) is 5.52 Å². The van der Waals surface area contributed by atoms with E-state index in [1.807, 2.05) is 72.8 Å². The Balaban J connectivity index is 1.27. The van der Waals surface area contributed by atoms with Gasteiger partial charge in [0.2, 0.25) is 0 Å². The lowest BCUT2D eigenvalue weighted by atomic mass is 10.1. The average Bonchev–Trinajstić information content (AvgIpc) is 2.86. The van der Waals surface area contributed by atoms with Crippen molar-refractivity contribution in [1.29, 1.82) is 0 Å². The van der Waals surface area contributed by atoms with E-state index in [0.29, 0.717) is 5.56 Å². The second-order valence-corrected chi connectivity index (χ2v) is 8.40. The molecule has 1 amide bonds. The number of nitrogens with one attached hydrogen (secondary N) is 3. The largest absolute Gasteiger partial charge is 0.355 e. The first-order chi connectivity index (χ1) is 16.6. The van der Waals surface area contributed by atoms with Crippen LogP contribution in [0.4, 0.5) is 28.4 Å². The van der Waals surface area contributed by atoms with Crippen LogP contribution in [-0.4, -0.2) is 15.9 Å². The van der Waals surface area contributed by atoms with Crippen LogP contribution >= 0.6 is 9.24 Å². The summed E-state index contributed by atoms with van der Waals surface area (Å²) < 4.78 is 0. The van der Waals surface area contributed by atoms with Crippen LogP contribution in [0.15, 0.2) is 104 Å². The Kier molecular flexibility index (Phi) is 6.15. The number of rotatable bonds is 6. The monoisotopic (exact) mass is 463 g/mol. The first kappa shape index (κ1) is 21.6. The topological polar surface area (TPSA) is 78.9 Å². The zero-order valence-corrected chi connectivity index (χ0v) is 19.3. The van der Waals surface area contributed by atoms with Gasteiger partial charge in [-0.1, -0.05) is 12.1 Å². The van der Waals surface area contributed by atoms with Gasteiger partial charge in [-0.15, -0.1) is 9.24 Å². The lowest BCUT2D eigenvalue weighted by molar-refractivity contribution is 0.102. The number of nitrogens with zero attached hydrogens (tertiary/aromatic N) is 2. The lowest BCUT2D eigenvalue weighted by Crippen LogP contribution is -2.12. The summed E-state index contributed by atoms with van der Waals surface area (Å²) in [5, 5.41) is 11.8. The second kappa shape index (κ2) is 9.69. The number of fused-ring (bicyclic) bond motifs is 1.